The van der Waals surface area contributed by atoms with Gasteiger partial charge in [-0.05, 0) is 48.2 Å². The number of halogens is 1. The van der Waals surface area contributed by atoms with E-state index in [9.17, 15) is 9.90 Å². The fourth-order valence-corrected chi connectivity index (χ4v) is 3.84. The van der Waals surface area contributed by atoms with Crippen molar-refractivity contribution in [2.75, 3.05) is 20.8 Å². The Morgan fingerprint density at radius 3 is 2.54 bits per heavy atom. The van der Waals surface area contributed by atoms with Crippen LogP contribution in [0.3, 0.4) is 0 Å². The number of rotatable bonds is 6. The Hall–Kier alpha value is -2.24. The van der Waals surface area contributed by atoms with Crippen molar-refractivity contribution in [1.82, 2.24) is 4.90 Å². The summed E-state index contributed by atoms with van der Waals surface area (Å²) in [6.07, 6.45) is 1.49. The number of benzene rings is 2. The van der Waals surface area contributed by atoms with E-state index >= 15 is 0 Å². The van der Waals surface area contributed by atoms with Crippen molar-refractivity contribution in [3.05, 3.63) is 58.6 Å². The number of ether oxygens (including phenoxy) is 2. The van der Waals surface area contributed by atoms with Crippen LogP contribution in [0.25, 0.3) is 0 Å². The molecule has 2 atom stereocenters. The molecule has 2 aromatic rings. The van der Waals surface area contributed by atoms with Crippen LogP contribution < -0.4 is 9.47 Å². The summed E-state index contributed by atoms with van der Waals surface area (Å²) >= 11 is 6.21. The van der Waals surface area contributed by atoms with E-state index in [1.165, 1.54) is 0 Å². The second kappa shape index (κ2) is 7.98. The van der Waals surface area contributed by atoms with Gasteiger partial charge in [-0.25, -0.2) is 0 Å². The molecule has 1 aliphatic rings. The first-order valence-corrected chi connectivity index (χ1v) is 8.89. The fourth-order valence-electron chi connectivity index (χ4n) is 3.64. The zero-order valence-corrected chi connectivity index (χ0v) is 15.6. The molecule has 0 aliphatic carbocycles. The fraction of sp³-hybridized carbons (Fsp3) is 0.350. The highest BCUT2D eigenvalue weighted by Gasteiger charge is 2.37. The molecule has 138 valence electrons. The number of hydrogen-bond donors (Lipinski definition) is 1. The molecular weight excluding hydrogens is 354 g/mol. The largest absolute Gasteiger partial charge is 0.493 e. The van der Waals surface area contributed by atoms with Crippen LogP contribution in [-0.2, 0) is 4.79 Å². The van der Waals surface area contributed by atoms with Gasteiger partial charge in [0.25, 0.3) is 0 Å². The molecule has 2 aromatic carbocycles. The average Bonchev–Trinajstić information content (AvgIpc) is 3.11. The molecule has 0 bridgehead atoms. The summed E-state index contributed by atoms with van der Waals surface area (Å²) in [4.78, 5) is 13.8. The highest BCUT2D eigenvalue weighted by atomic mass is 35.5. The van der Waals surface area contributed by atoms with Crippen molar-refractivity contribution in [1.29, 1.82) is 0 Å². The quantitative estimate of drug-likeness (QED) is 0.827. The molecule has 26 heavy (non-hydrogen) atoms. The predicted molar refractivity (Wildman–Crippen MR) is 100 cm³/mol. The lowest BCUT2D eigenvalue weighted by molar-refractivity contribution is -0.142. The van der Waals surface area contributed by atoms with Crippen molar-refractivity contribution < 1.29 is 19.4 Å². The van der Waals surface area contributed by atoms with Crippen LogP contribution in [-0.4, -0.2) is 42.8 Å². The number of aliphatic carboxylic acids is 1. The second-order valence-corrected chi connectivity index (χ2v) is 6.74. The van der Waals surface area contributed by atoms with Crippen LogP contribution in [0, 0.1) is 0 Å². The zero-order chi connectivity index (χ0) is 18.7. The third kappa shape index (κ3) is 3.64. The molecule has 2 unspecified atom stereocenters. The van der Waals surface area contributed by atoms with Crippen molar-refractivity contribution in [3.63, 3.8) is 0 Å². The molecule has 0 radical (unpaired) electrons. The van der Waals surface area contributed by atoms with Crippen molar-refractivity contribution in [2.24, 2.45) is 0 Å². The number of likely N-dealkylation sites (tertiary alicyclic amines) is 1. The maximum Gasteiger partial charge on any atom is 0.320 e. The topological polar surface area (TPSA) is 59.0 Å². The molecule has 0 saturated carbocycles. The maximum atomic E-state index is 11.8. The van der Waals surface area contributed by atoms with Crippen LogP contribution >= 0.6 is 11.6 Å². The Morgan fingerprint density at radius 2 is 1.88 bits per heavy atom. The van der Waals surface area contributed by atoms with Crippen LogP contribution in [0.2, 0.25) is 5.02 Å². The van der Waals surface area contributed by atoms with Crippen LogP contribution in [0.4, 0.5) is 0 Å². The predicted octanol–water partition coefficient (Wildman–Crippen LogP) is 4.00. The number of hydrogen-bond acceptors (Lipinski definition) is 4. The molecule has 1 heterocycles. The van der Waals surface area contributed by atoms with Gasteiger partial charge >= 0.3 is 5.97 Å². The number of carbonyl (C=O) groups is 1. The lowest BCUT2D eigenvalue weighted by Crippen LogP contribution is -2.39. The molecule has 3 rings (SSSR count). The number of carboxylic acids is 1. The molecule has 0 aromatic heterocycles. The van der Waals surface area contributed by atoms with E-state index < -0.39 is 12.0 Å². The summed E-state index contributed by atoms with van der Waals surface area (Å²) in [7, 11) is 3.18. The van der Waals surface area contributed by atoms with E-state index in [0.29, 0.717) is 29.5 Å². The minimum Gasteiger partial charge on any atom is -0.493 e. The van der Waals surface area contributed by atoms with Crippen molar-refractivity contribution in [2.45, 2.75) is 24.9 Å². The Kier molecular flexibility index (Phi) is 5.69. The zero-order valence-electron chi connectivity index (χ0n) is 14.8. The molecule has 0 spiro atoms. The molecule has 6 heteroatoms. The van der Waals surface area contributed by atoms with Gasteiger partial charge in [-0.15, -0.1) is 0 Å². The van der Waals surface area contributed by atoms with Gasteiger partial charge in [0.15, 0.2) is 11.5 Å². The van der Waals surface area contributed by atoms with E-state index in [1.807, 2.05) is 47.4 Å². The smallest absolute Gasteiger partial charge is 0.320 e. The lowest BCUT2D eigenvalue weighted by Gasteiger charge is -2.32. The summed E-state index contributed by atoms with van der Waals surface area (Å²) in [5.41, 5.74) is 1.90. The molecule has 1 aliphatic heterocycles. The first-order valence-electron chi connectivity index (χ1n) is 8.51. The minimum absolute atomic E-state index is 0.225. The van der Waals surface area contributed by atoms with Gasteiger partial charge in [-0.2, -0.15) is 0 Å². The van der Waals surface area contributed by atoms with Crippen LogP contribution in [0.15, 0.2) is 42.5 Å². The standard InChI is InChI=1S/C20H22ClNO4/c1-25-17-9-8-14(12-18(17)26-2)19(13-5-3-6-15(21)11-13)22-10-4-7-16(22)20(23)24/h3,5-6,8-9,11-12,16,19H,4,7,10H2,1-2H3,(H,23,24). The molecule has 1 fully saturated rings. The average molecular weight is 376 g/mol. The SMILES string of the molecule is COc1ccc(C(c2cccc(Cl)c2)N2CCCC2C(=O)O)cc1OC. The van der Waals surface area contributed by atoms with Gasteiger partial charge in [-0.1, -0.05) is 29.8 Å². The Bertz CT molecular complexity index is 795. The first-order chi connectivity index (χ1) is 12.5. The van der Waals surface area contributed by atoms with Crippen LogP contribution in [0.1, 0.15) is 30.0 Å². The van der Waals surface area contributed by atoms with Gasteiger partial charge in [0.05, 0.1) is 20.3 Å². The highest BCUT2D eigenvalue weighted by Crippen LogP contribution is 2.39. The lowest BCUT2D eigenvalue weighted by atomic mass is 9.96. The second-order valence-electron chi connectivity index (χ2n) is 6.31. The summed E-state index contributed by atoms with van der Waals surface area (Å²) in [5, 5.41) is 10.3. The third-order valence-electron chi connectivity index (χ3n) is 4.80. The molecule has 1 N–H and O–H groups in total. The molecule has 5 nitrogen and oxygen atoms in total. The minimum atomic E-state index is -0.796. The number of nitrogens with zero attached hydrogens (tertiary/aromatic N) is 1. The van der Waals surface area contributed by atoms with Gasteiger partial charge in [0.2, 0.25) is 0 Å². The Labute approximate surface area is 158 Å². The monoisotopic (exact) mass is 375 g/mol. The van der Waals surface area contributed by atoms with E-state index in [-0.39, 0.29) is 6.04 Å². The summed E-state index contributed by atoms with van der Waals surface area (Å²) in [6, 6.07) is 12.5. The number of carboxylic acid groups (broad SMARTS) is 1. The molecule has 1 saturated heterocycles. The van der Waals surface area contributed by atoms with E-state index in [4.69, 9.17) is 21.1 Å². The van der Waals surface area contributed by atoms with E-state index in [1.54, 1.807) is 14.2 Å². The maximum absolute atomic E-state index is 11.8. The van der Waals surface area contributed by atoms with E-state index in [2.05, 4.69) is 0 Å². The van der Waals surface area contributed by atoms with Gasteiger partial charge in [0.1, 0.15) is 6.04 Å². The van der Waals surface area contributed by atoms with Crippen LogP contribution in [0.5, 0.6) is 11.5 Å². The highest BCUT2D eigenvalue weighted by molar-refractivity contribution is 6.30. The molecule has 0 amide bonds. The van der Waals surface area contributed by atoms with Gasteiger partial charge < -0.3 is 14.6 Å². The summed E-state index contributed by atoms with van der Waals surface area (Å²) < 4.78 is 10.8. The Balaban J connectivity index is 2.10. The van der Waals surface area contributed by atoms with Crippen molar-refractivity contribution >= 4 is 17.6 Å². The Morgan fingerprint density at radius 1 is 1.15 bits per heavy atom. The van der Waals surface area contributed by atoms with Gasteiger partial charge in [0, 0.05) is 11.6 Å². The van der Waals surface area contributed by atoms with Gasteiger partial charge in [-0.3, -0.25) is 9.69 Å². The summed E-state index contributed by atoms with van der Waals surface area (Å²) in [5.74, 6) is 0.454. The summed E-state index contributed by atoms with van der Waals surface area (Å²) in [6.45, 7) is 0.711. The molecular formula is C20H22ClNO4. The third-order valence-corrected chi connectivity index (χ3v) is 5.03. The van der Waals surface area contributed by atoms with Crippen molar-refractivity contribution in [3.8, 4) is 11.5 Å². The van der Waals surface area contributed by atoms with E-state index in [0.717, 1.165) is 17.5 Å². The first kappa shape index (κ1) is 18.5. The normalized spacial score (nSPS) is 18.5. The number of methoxy groups -OCH3 is 2.